The molecule has 1 fully saturated rings. The van der Waals surface area contributed by atoms with Crippen molar-refractivity contribution < 1.29 is 23.5 Å². The summed E-state index contributed by atoms with van der Waals surface area (Å²) < 4.78 is 31.9. The molecule has 1 saturated heterocycles. The lowest BCUT2D eigenvalue weighted by Gasteiger charge is -2.32. The Morgan fingerprint density at radius 2 is 1.87 bits per heavy atom. The van der Waals surface area contributed by atoms with Crippen molar-refractivity contribution in [3.8, 4) is 0 Å². The van der Waals surface area contributed by atoms with E-state index in [1.165, 1.54) is 11.5 Å². The molecule has 11 heteroatoms. The third-order valence-corrected chi connectivity index (χ3v) is 6.71. The summed E-state index contributed by atoms with van der Waals surface area (Å²) in [5.74, 6) is -3.14. The highest BCUT2D eigenvalue weighted by molar-refractivity contribution is 7.99. The Morgan fingerprint density at radius 3 is 2.47 bits per heavy atom. The van der Waals surface area contributed by atoms with Crippen molar-refractivity contribution >= 4 is 45.9 Å². The summed E-state index contributed by atoms with van der Waals surface area (Å²) in [6.45, 7) is 2.67. The van der Waals surface area contributed by atoms with Crippen LogP contribution in [0.5, 0.6) is 0 Å². The predicted molar refractivity (Wildman–Crippen MR) is 109 cm³/mol. The fourth-order valence-corrected chi connectivity index (χ4v) is 5.22. The fraction of sp³-hybridized carbons (Fsp3) is 0.421. The smallest absolute Gasteiger partial charge is 0.342 e. The number of nitrogens with zero attached hydrogens (tertiary/aromatic N) is 2. The van der Waals surface area contributed by atoms with Gasteiger partial charge in [-0.15, -0.1) is 11.8 Å². The number of thioether (sulfide) groups is 1. The second-order valence-electron chi connectivity index (χ2n) is 7.38. The number of pyridine rings is 1. The molecule has 3 heterocycles. The number of anilines is 2. The number of benzene rings is 1. The predicted octanol–water partition coefficient (Wildman–Crippen LogP) is 2.09. The second kappa shape index (κ2) is 7.46. The first-order chi connectivity index (χ1) is 14.2. The summed E-state index contributed by atoms with van der Waals surface area (Å²) in [4.78, 5) is 37.5. The number of nitrogens with two attached hydrogens (primary N) is 1. The molecular weight excluding hydrogens is 418 g/mol. The third kappa shape index (κ3) is 3.08. The van der Waals surface area contributed by atoms with Crippen LogP contribution in [0.1, 0.15) is 30.1 Å². The van der Waals surface area contributed by atoms with Crippen LogP contribution in [0.3, 0.4) is 0 Å². The van der Waals surface area contributed by atoms with Gasteiger partial charge in [-0.2, -0.15) is 0 Å². The number of carbonyl (C=O) groups is 2. The lowest BCUT2D eigenvalue weighted by atomic mass is 10.0. The molecule has 2 aromatic rings. The van der Waals surface area contributed by atoms with Gasteiger partial charge in [0.2, 0.25) is 11.3 Å². The molecule has 1 aromatic heterocycles. The number of halogens is 2. The average Bonchev–Trinajstić information content (AvgIpc) is 3.17. The summed E-state index contributed by atoms with van der Waals surface area (Å²) in [5, 5.41) is 12.0. The number of nitrogen functional groups attached to an aromatic ring is 1. The Hall–Kier alpha value is -2.82. The molecule has 4 rings (SSSR count). The third-order valence-electron chi connectivity index (χ3n) is 5.63. The Balaban J connectivity index is 1.84. The van der Waals surface area contributed by atoms with Crippen LogP contribution < -0.4 is 16.5 Å². The van der Waals surface area contributed by atoms with E-state index < -0.39 is 45.4 Å². The largest absolute Gasteiger partial charge is 0.477 e. The number of hydrogen-bond acceptors (Lipinski definition) is 6. The molecule has 30 heavy (non-hydrogen) atoms. The van der Waals surface area contributed by atoms with Crippen molar-refractivity contribution in [1.82, 2.24) is 9.47 Å². The Labute approximate surface area is 174 Å². The number of carbonyl (C=O) groups excluding carboxylic acids is 1. The van der Waals surface area contributed by atoms with Crippen LogP contribution >= 0.6 is 11.8 Å². The first kappa shape index (κ1) is 20.5. The zero-order valence-electron chi connectivity index (χ0n) is 16.1. The number of carboxylic acids is 1. The number of piperidine rings is 1. The van der Waals surface area contributed by atoms with E-state index in [1.54, 1.807) is 4.90 Å². The van der Waals surface area contributed by atoms with E-state index in [4.69, 9.17) is 5.73 Å². The van der Waals surface area contributed by atoms with Gasteiger partial charge in [-0.1, -0.05) is 0 Å². The van der Waals surface area contributed by atoms with E-state index in [2.05, 4.69) is 5.32 Å². The number of aromatic carboxylic acids is 1. The monoisotopic (exact) mass is 438 g/mol. The molecule has 160 valence electrons. The van der Waals surface area contributed by atoms with Crippen LogP contribution in [0, 0.1) is 11.6 Å². The highest BCUT2D eigenvalue weighted by Crippen LogP contribution is 2.38. The minimum Gasteiger partial charge on any atom is -0.477 e. The summed E-state index contributed by atoms with van der Waals surface area (Å²) in [5.41, 5.74) is 3.16. The minimum absolute atomic E-state index is 0.0533. The number of nitrogens with one attached hydrogen (secondary N) is 1. The van der Waals surface area contributed by atoms with Gasteiger partial charge in [-0.3, -0.25) is 9.59 Å². The molecule has 0 aliphatic carbocycles. The summed E-state index contributed by atoms with van der Waals surface area (Å²) in [7, 11) is 0. The first-order valence-electron chi connectivity index (χ1n) is 9.47. The molecular formula is C19H20F2N4O4S. The maximum atomic E-state index is 15.5. The van der Waals surface area contributed by atoms with E-state index in [0.717, 1.165) is 11.8 Å². The molecule has 0 radical (unpaired) electrons. The molecule has 0 unspecified atom stereocenters. The number of fused-ring (bicyclic) bond motifs is 3. The van der Waals surface area contributed by atoms with Crippen molar-refractivity contribution in [2.24, 2.45) is 0 Å². The van der Waals surface area contributed by atoms with Crippen LogP contribution in [0.2, 0.25) is 0 Å². The van der Waals surface area contributed by atoms with Crippen LogP contribution in [-0.4, -0.2) is 51.3 Å². The highest BCUT2D eigenvalue weighted by Gasteiger charge is 2.32. The molecule has 0 atom stereocenters. The summed E-state index contributed by atoms with van der Waals surface area (Å²) in [6, 6.07) is -0.279. The average molecular weight is 438 g/mol. The Bertz CT molecular complexity index is 1140. The van der Waals surface area contributed by atoms with Crippen LogP contribution in [0.15, 0.2) is 9.82 Å². The van der Waals surface area contributed by atoms with Crippen molar-refractivity contribution in [2.45, 2.75) is 37.4 Å². The Morgan fingerprint density at radius 1 is 1.20 bits per heavy atom. The maximum Gasteiger partial charge on any atom is 0.342 e. The van der Waals surface area contributed by atoms with E-state index in [9.17, 15) is 19.5 Å². The number of aryl methyl sites for hydroxylation is 1. The normalized spacial score (nSPS) is 16.7. The van der Waals surface area contributed by atoms with Crippen LogP contribution in [0.4, 0.5) is 20.2 Å². The van der Waals surface area contributed by atoms with Crippen LogP contribution in [0.25, 0.3) is 10.9 Å². The van der Waals surface area contributed by atoms with Gasteiger partial charge in [0, 0.05) is 38.4 Å². The van der Waals surface area contributed by atoms with Gasteiger partial charge in [0.25, 0.3) is 0 Å². The lowest BCUT2D eigenvalue weighted by Crippen LogP contribution is -2.41. The van der Waals surface area contributed by atoms with Gasteiger partial charge in [-0.05, 0) is 12.8 Å². The van der Waals surface area contributed by atoms with Crippen LogP contribution in [-0.2, 0) is 11.3 Å². The number of amides is 1. The minimum atomic E-state index is -1.46. The van der Waals surface area contributed by atoms with Crippen molar-refractivity contribution in [2.75, 3.05) is 29.9 Å². The first-order valence-corrected chi connectivity index (χ1v) is 10.5. The molecule has 1 amide bonds. The highest BCUT2D eigenvalue weighted by atomic mass is 32.2. The van der Waals surface area contributed by atoms with Gasteiger partial charge in [0.1, 0.15) is 11.3 Å². The number of rotatable bonds is 3. The van der Waals surface area contributed by atoms with Gasteiger partial charge >= 0.3 is 5.97 Å². The van der Waals surface area contributed by atoms with Gasteiger partial charge in [0.05, 0.1) is 21.6 Å². The quantitative estimate of drug-likeness (QED) is 0.628. The van der Waals surface area contributed by atoms with E-state index in [1.807, 2.05) is 0 Å². The van der Waals surface area contributed by atoms with E-state index in [-0.39, 0.29) is 29.0 Å². The second-order valence-corrected chi connectivity index (χ2v) is 8.46. The summed E-state index contributed by atoms with van der Waals surface area (Å²) >= 11 is 1.14. The Kier molecular flexibility index (Phi) is 5.08. The molecule has 0 saturated carbocycles. The number of aromatic nitrogens is 1. The van der Waals surface area contributed by atoms with E-state index in [0.29, 0.717) is 31.7 Å². The number of likely N-dealkylation sites (tertiary alicyclic amines) is 1. The van der Waals surface area contributed by atoms with Gasteiger partial charge in [0.15, 0.2) is 11.6 Å². The lowest BCUT2D eigenvalue weighted by molar-refractivity contribution is -0.129. The SMILES string of the molecule is CC(=O)N1CCC(Nc2c(F)c(N)c3c(=O)c(C(=O)O)c4n(c3c2F)CCS4)CC1. The topological polar surface area (TPSA) is 118 Å². The maximum absolute atomic E-state index is 15.5. The standard InChI is InChI=1S/C19H20F2N4O4S/c1-8(26)24-4-2-9(3-5-24)23-15-12(20)14(22)10-16(13(15)21)25-6-7-30-18(25)11(17(10)27)19(28)29/h9,23H,2-7,22H2,1H3,(H,28,29). The molecule has 1 aromatic carbocycles. The fourth-order valence-electron chi connectivity index (χ4n) is 4.09. The van der Waals surface area contributed by atoms with E-state index >= 15 is 8.78 Å². The summed E-state index contributed by atoms with van der Waals surface area (Å²) in [6.07, 6.45) is 1.00. The zero-order valence-corrected chi connectivity index (χ0v) is 16.9. The van der Waals surface area contributed by atoms with Crippen molar-refractivity contribution in [3.05, 3.63) is 27.4 Å². The molecule has 2 aliphatic rings. The molecule has 2 aliphatic heterocycles. The molecule has 0 spiro atoms. The number of hydrogen-bond donors (Lipinski definition) is 3. The molecule has 4 N–H and O–H groups in total. The molecule has 8 nitrogen and oxygen atoms in total. The van der Waals surface area contributed by atoms with Crippen molar-refractivity contribution in [1.29, 1.82) is 0 Å². The molecule has 0 bridgehead atoms. The number of carboxylic acid groups (broad SMARTS) is 1. The van der Waals surface area contributed by atoms with Gasteiger partial charge in [-0.25, -0.2) is 13.6 Å². The van der Waals surface area contributed by atoms with Crippen molar-refractivity contribution in [3.63, 3.8) is 0 Å². The zero-order chi connectivity index (χ0) is 21.7. The van der Waals surface area contributed by atoms with Gasteiger partial charge < -0.3 is 25.6 Å².